The third-order valence-electron chi connectivity index (χ3n) is 4.09. The molecular formula is C19H19ClN2O2. The first-order chi connectivity index (χ1) is 11.6. The Balaban J connectivity index is 1.72. The number of aromatic nitrogens is 1. The van der Waals surface area contributed by atoms with Gasteiger partial charge in [-0.1, -0.05) is 23.7 Å². The van der Waals surface area contributed by atoms with Crippen LogP contribution >= 0.6 is 11.6 Å². The van der Waals surface area contributed by atoms with Gasteiger partial charge in [0.1, 0.15) is 5.75 Å². The monoisotopic (exact) mass is 342 g/mol. The Hall–Kier alpha value is -2.46. The topological polar surface area (TPSA) is 54.1 Å². The summed E-state index contributed by atoms with van der Waals surface area (Å²) in [5, 5.41) is 4.77. The van der Waals surface area contributed by atoms with E-state index in [4.69, 9.17) is 16.3 Å². The van der Waals surface area contributed by atoms with Gasteiger partial charge in [0.2, 0.25) is 0 Å². The second kappa shape index (κ2) is 6.97. The molecular weight excluding hydrogens is 324 g/mol. The largest absolute Gasteiger partial charge is 0.496 e. The van der Waals surface area contributed by atoms with Crippen molar-refractivity contribution in [2.75, 3.05) is 13.7 Å². The molecule has 0 saturated heterocycles. The molecule has 0 bridgehead atoms. The minimum Gasteiger partial charge on any atom is -0.496 e. The van der Waals surface area contributed by atoms with Crippen molar-refractivity contribution < 1.29 is 9.53 Å². The molecule has 1 heterocycles. The molecule has 4 nitrogen and oxygen atoms in total. The summed E-state index contributed by atoms with van der Waals surface area (Å²) in [7, 11) is 1.56. The van der Waals surface area contributed by atoms with Gasteiger partial charge < -0.3 is 15.0 Å². The van der Waals surface area contributed by atoms with Gasteiger partial charge in [0.25, 0.3) is 5.91 Å². The van der Waals surface area contributed by atoms with E-state index in [-0.39, 0.29) is 5.91 Å². The first-order valence-electron chi connectivity index (χ1n) is 7.78. The Kier molecular flexibility index (Phi) is 4.76. The number of hydrogen-bond acceptors (Lipinski definition) is 2. The molecule has 0 aliphatic heterocycles. The first kappa shape index (κ1) is 16.4. The lowest BCUT2D eigenvalue weighted by atomic mass is 10.1. The van der Waals surface area contributed by atoms with E-state index in [0.29, 0.717) is 22.9 Å². The Bertz CT molecular complexity index is 886. The van der Waals surface area contributed by atoms with Gasteiger partial charge in [-0.2, -0.15) is 0 Å². The number of hydrogen-bond donors (Lipinski definition) is 2. The molecule has 124 valence electrons. The Morgan fingerprint density at radius 1 is 1.25 bits per heavy atom. The number of fused-ring (bicyclic) bond motifs is 1. The number of rotatable bonds is 5. The second-order valence-electron chi connectivity index (χ2n) is 5.62. The van der Waals surface area contributed by atoms with E-state index in [9.17, 15) is 4.79 Å². The van der Waals surface area contributed by atoms with Crippen LogP contribution in [-0.2, 0) is 6.42 Å². The number of aromatic amines is 1. The summed E-state index contributed by atoms with van der Waals surface area (Å²) in [4.78, 5) is 15.7. The van der Waals surface area contributed by atoms with Crippen LogP contribution in [0.25, 0.3) is 10.9 Å². The quantitative estimate of drug-likeness (QED) is 0.733. The van der Waals surface area contributed by atoms with Gasteiger partial charge in [0, 0.05) is 28.2 Å². The Morgan fingerprint density at radius 2 is 2.04 bits per heavy atom. The molecule has 0 fully saturated rings. The van der Waals surface area contributed by atoms with Crippen molar-refractivity contribution in [1.82, 2.24) is 10.3 Å². The van der Waals surface area contributed by atoms with Crippen LogP contribution in [-0.4, -0.2) is 24.5 Å². The summed E-state index contributed by atoms with van der Waals surface area (Å²) < 4.78 is 5.23. The van der Waals surface area contributed by atoms with Gasteiger partial charge in [-0.3, -0.25) is 4.79 Å². The fourth-order valence-electron chi connectivity index (χ4n) is 2.91. The molecule has 0 radical (unpaired) electrons. The summed E-state index contributed by atoms with van der Waals surface area (Å²) in [5.41, 5.74) is 3.87. The van der Waals surface area contributed by atoms with Crippen LogP contribution in [0.4, 0.5) is 0 Å². The maximum Gasteiger partial charge on any atom is 0.255 e. The Labute approximate surface area is 145 Å². The predicted octanol–water partition coefficient (Wildman–Crippen LogP) is 4.11. The van der Waals surface area contributed by atoms with Gasteiger partial charge in [0.05, 0.1) is 12.7 Å². The number of carbonyl (C=O) groups is 1. The van der Waals surface area contributed by atoms with Crippen molar-refractivity contribution in [3.63, 3.8) is 0 Å². The van der Waals surface area contributed by atoms with Crippen LogP contribution in [0.5, 0.6) is 5.75 Å². The fourth-order valence-corrected chi connectivity index (χ4v) is 3.08. The molecule has 1 aromatic heterocycles. The van der Waals surface area contributed by atoms with Gasteiger partial charge in [0.15, 0.2) is 0 Å². The zero-order valence-corrected chi connectivity index (χ0v) is 14.4. The molecule has 3 aromatic rings. The summed E-state index contributed by atoms with van der Waals surface area (Å²) in [5.74, 6) is 0.438. The molecule has 5 heteroatoms. The summed E-state index contributed by atoms with van der Waals surface area (Å²) in [6.45, 7) is 2.57. The van der Waals surface area contributed by atoms with Gasteiger partial charge >= 0.3 is 0 Å². The number of ether oxygens (including phenoxy) is 1. The smallest absolute Gasteiger partial charge is 0.255 e. The van der Waals surface area contributed by atoms with Crippen molar-refractivity contribution in [2.45, 2.75) is 13.3 Å². The molecule has 2 aromatic carbocycles. The first-order valence-corrected chi connectivity index (χ1v) is 8.16. The average Bonchev–Trinajstić information content (AvgIpc) is 2.90. The van der Waals surface area contributed by atoms with Crippen molar-refractivity contribution in [2.24, 2.45) is 0 Å². The molecule has 0 aliphatic rings. The van der Waals surface area contributed by atoms with E-state index in [0.717, 1.165) is 23.0 Å². The number of para-hydroxylation sites is 1. The number of amides is 1. The second-order valence-corrected chi connectivity index (χ2v) is 6.06. The lowest BCUT2D eigenvalue weighted by Crippen LogP contribution is -2.26. The van der Waals surface area contributed by atoms with E-state index < -0.39 is 0 Å². The third kappa shape index (κ3) is 3.24. The van der Waals surface area contributed by atoms with Crippen molar-refractivity contribution in [3.8, 4) is 5.75 Å². The van der Waals surface area contributed by atoms with E-state index in [1.807, 2.05) is 37.3 Å². The highest BCUT2D eigenvalue weighted by Crippen LogP contribution is 2.25. The molecule has 0 spiro atoms. The normalized spacial score (nSPS) is 10.8. The Morgan fingerprint density at radius 3 is 2.83 bits per heavy atom. The molecule has 1 amide bonds. The van der Waals surface area contributed by atoms with E-state index >= 15 is 0 Å². The molecule has 0 unspecified atom stereocenters. The zero-order chi connectivity index (χ0) is 17.1. The van der Waals surface area contributed by atoms with Crippen LogP contribution in [0.2, 0.25) is 5.02 Å². The lowest BCUT2D eigenvalue weighted by Gasteiger charge is -2.09. The molecule has 0 aliphatic carbocycles. The van der Waals surface area contributed by atoms with E-state index in [1.54, 1.807) is 19.2 Å². The number of benzene rings is 2. The predicted molar refractivity (Wildman–Crippen MR) is 97.1 cm³/mol. The molecule has 2 N–H and O–H groups in total. The fraction of sp³-hybridized carbons (Fsp3) is 0.211. The van der Waals surface area contributed by atoms with E-state index in [1.165, 1.54) is 5.56 Å². The minimum atomic E-state index is -0.136. The van der Waals surface area contributed by atoms with E-state index in [2.05, 4.69) is 10.3 Å². The maximum absolute atomic E-state index is 12.3. The van der Waals surface area contributed by atoms with Gasteiger partial charge in [-0.25, -0.2) is 0 Å². The summed E-state index contributed by atoms with van der Waals surface area (Å²) in [6.07, 6.45) is 0.729. The van der Waals surface area contributed by atoms with Crippen LogP contribution in [0.15, 0.2) is 42.5 Å². The number of aryl methyl sites for hydroxylation is 1. The SMILES string of the molecule is COc1ccccc1C(=O)NCCc1c(C)[nH]c2ccc(Cl)cc12. The minimum absolute atomic E-state index is 0.136. The number of methoxy groups -OCH3 is 1. The number of halogens is 1. The zero-order valence-electron chi connectivity index (χ0n) is 13.7. The van der Waals surface area contributed by atoms with Gasteiger partial charge in [-0.05, 0) is 49.2 Å². The van der Waals surface area contributed by atoms with Crippen LogP contribution in [0.1, 0.15) is 21.6 Å². The molecule has 3 rings (SSSR count). The highest BCUT2D eigenvalue weighted by Gasteiger charge is 2.12. The standard InChI is InChI=1S/C19H19ClN2O2/c1-12-14(16-11-13(20)7-8-17(16)22-12)9-10-21-19(23)15-5-3-4-6-18(15)24-2/h3-8,11,22H,9-10H2,1-2H3,(H,21,23). The highest BCUT2D eigenvalue weighted by molar-refractivity contribution is 6.31. The van der Waals surface area contributed by atoms with Gasteiger partial charge in [-0.15, -0.1) is 0 Å². The van der Waals surface area contributed by atoms with Crippen molar-refractivity contribution in [3.05, 3.63) is 64.3 Å². The maximum atomic E-state index is 12.3. The van der Waals surface area contributed by atoms with Crippen LogP contribution in [0.3, 0.4) is 0 Å². The van der Waals surface area contributed by atoms with Crippen molar-refractivity contribution in [1.29, 1.82) is 0 Å². The average molecular weight is 343 g/mol. The number of nitrogens with one attached hydrogen (secondary N) is 2. The molecule has 0 saturated carbocycles. The molecule has 0 atom stereocenters. The number of carbonyl (C=O) groups excluding carboxylic acids is 1. The molecule has 24 heavy (non-hydrogen) atoms. The summed E-state index contributed by atoms with van der Waals surface area (Å²) in [6, 6.07) is 13.0. The highest BCUT2D eigenvalue weighted by atomic mass is 35.5. The van der Waals surface area contributed by atoms with Crippen molar-refractivity contribution >= 4 is 28.4 Å². The number of H-pyrrole nitrogens is 1. The third-order valence-corrected chi connectivity index (χ3v) is 4.33. The lowest BCUT2D eigenvalue weighted by molar-refractivity contribution is 0.0951. The van der Waals surface area contributed by atoms with Crippen LogP contribution in [0, 0.1) is 6.92 Å². The van der Waals surface area contributed by atoms with Crippen LogP contribution < -0.4 is 10.1 Å². The summed E-state index contributed by atoms with van der Waals surface area (Å²) >= 11 is 6.10.